The summed E-state index contributed by atoms with van der Waals surface area (Å²) in [6.07, 6.45) is 6.44. The number of nitrogens with zero attached hydrogens (tertiary/aromatic N) is 1. The van der Waals surface area contributed by atoms with Gasteiger partial charge in [0.15, 0.2) is 0 Å². The van der Waals surface area contributed by atoms with Crippen LogP contribution in [0, 0.1) is 16.7 Å². The molecule has 1 aliphatic carbocycles. The molecule has 0 atom stereocenters. The van der Waals surface area contributed by atoms with Gasteiger partial charge in [-0.25, -0.2) is 0 Å². The minimum Gasteiger partial charge on any atom is -0.381 e. The van der Waals surface area contributed by atoms with E-state index >= 15 is 0 Å². The average molecular weight is 252 g/mol. The Bertz CT molecular complexity index is 291. The molecule has 0 aliphatic heterocycles. The van der Waals surface area contributed by atoms with Crippen LogP contribution in [0.2, 0.25) is 0 Å². The number of carbonyl (C=O) groups excluding carboxylic acids is 1. The highest BCUT2D eigenvalue weighted by Gasteiger charge is 2.41. The average Bonchev–Trinajstić information content (AvgIpc) is 2.87. The molecule has 0 aromatic carbocycles. The van der Waals surface area contributed by atoms with Crippen molar-refractivity contribution in [2.45, 2.75) is 51.9 Å². The van der Waals surface area contributed by atoms with Gasteiger partial charge in [0.05, 0.1) is 6.07 Å². The standard InChI is InChI=1S/C14H24N2O2/c1-2-3-10-18-11-6-9-16-13(17)14(12-15)7-4-5-8-14/h2-11H2,1H3,(H,16,17). The molecule has 1 aliphatic rings. The first kappa shape index (κ1) is 15.0. The maximum Gasteiger partial charge on any atom is 0.240 e. The Kier molecular flexibility index (Phi) is 6.74. The van der Waals surface area contributed by atoms with E-state index in [-0.39, 0.29) is 5.91 Å². The number of hydrogen-bond acceptors (Lipinski definition) is 3. The second kappa shape index (κ2) is 8.10. The molecule has 0 aromatic heterocycles. The Labute approximate surface area is 110 Å². The summed E-state index contributed by atoms with van der Waals surface area (Å²) in [5, 5.41) is 12.0. The van der Waals surface area contributed by atoms with Crippen LogP contribution in [-0.4, -0.2) is 25.7 Å². The molecule has 1 amide bonds. The van der Waals surface area contributed by atoms with Gasteiger partial charge in [0, 0.05) is 19.8 Å². The summed E-state index contributed by atoms with van der Waals surface area (Å²) in [4.78, 5) is 12.0. The van der Waals surface area contributed by atoms with Crippen LogP contribution in [0.1, 0.15) is 51.9 Å². The summed E-state index contributed by atoms with van der Waals surface area (Å²) < 4.78 is 5.42. The van der Waals surface area contributed by atoms with E-state index in [1.54, 1.807) is 0 Å². The molecule has 0 heterocycles. The van der Waals surface area contributed by atoms with E-state index in [1.165, 1.54) is 0 Å². The third-order valence-electron chi connectivity index (χ3n) is 3.50. The van der Waals surface area contributed by atoms with Crippen LogP contribution in [0.4, 0.5) is 0 Å². The third-order valence-corrected chi connectivity index (χ3v) is 3.50. The first-order chi connectivity index (χ1) is 8.75. The van der Waals surface area contributed by atoms with Gasteiger partial charge in [-0.3, -0.25) is 4.79 Å². The molecule has 18 heavy (non-hydrogen) atoms. The zero-order valence-corrected chi connectivity index (χ0v) is 11.3. The molecule has 0 unspecified atom stereocenters. The van der Waals surface area contributed by atoms with E-state index in [4.69, 9.17) is 10.00 Å². The van der Waals surface area contributed by atoms with Crippen molar-refractivity contribution in [1.29, 1.82) is 5.26 Å². The molecule has 0 bridgehead atoms. The lowest BCUT2D eigenvalue weighted by atomic mass is 9.87. The number of nitriles is 1. The van der Waals surface area contributed by atoms with Gasteiger partial charge in [0.2, 0.25) is 5.91 Å². The smallest absolute Gasteiger partial charge is 0.240 e. The lowest BCUT2D eigenvalue weighted by Crippen LogP contribution is -2.38. The molecular formula is C14H24N2O2. The third kappa shape index (κ3) is 4.30. The van der Waals surface area contributed by atoms with Crippen LogP contribution in [0.3, 0.4) is 0 Å². The van der Waals surface area contributed by atoms with Crippen LogP contribution < -0.4 is 5.32 Å². The van der Waals surface area contributed by atoms with E-state index < -0.39 is 5.41 Å². The van der Waals surface area contributed by atoms with E-state index in [0.717, 1.165) is 38.7 Å². The van der Waals surface area contributed by atoms with Crippen molar-refractivity contribution < 1.29 is 9.53 Å². The Balaban J connectivity index is 2.12. The topological polar surface area (TPSA) is 62.1 Å². The van der Waals surface area contributed by atoms with Gasteiger partial charge >= 0.3 is 0 Å². The van der Waals surface area contributed by atoms with Gasteiger partial charge in [-0.1, -0.05) is 26.2 Å². The molecule has 1 N–H and O–H groups in total. The lowest BCUT2D eigenvalue weighted by Gasteiger charge is -2.19. The predicted octanol–water partition coefficient (Wildman–Crippen LogP) is 2.39. The normalized spacial score (nSPS) is 17.3. The van der Waals surface area contributed by atoms with Crippen molar-refractivity contribution in [3.63, 3.8) is 0 Å². The van der Waals surface area contributed by atoms with Crippen molar-refractivity contribution in [2.75, 3.05) is 19.8 Å². The number of amides is 1. The first-order valence-electron chi connectivity index (χ1n) is 7.02. The minimum absolute atomic E-state index is 0.0870. The van der Waals surface area contributed by atoms with Crippen molar-refractivity contribution in [3.8, 4) is 6.07 Å². The van der Waals surface area contributed by atoms with Crippen LogP contribution in [-0.2, 0) is 9.53 Å². The summed E-state index contributed by atoms with van der Waals surface area (Å²) in [5.41, 5.74) is -0.747. The van der Waals surface area contributed by atoms with Gasteiger partial charge in [-0.05, 0) is 25.7 Å². The number of ether oxygens (including phenoxy) is 1. The highest BCUT2D eigenvalue weighted by atomic mass is 16.5. The largest absolute Gasteiger partial charge is 0.381 e. The summed E-state index contributed by atoms with van der Waals surface area (Å²) in [6, 6.07) is 2.20. The summed E-state index contributed by atoms with van der Waals surface area (Å²) >= 11 is 0. The molecule has 4 nitrogen and oxygen atoms in total. The summed E-state index contributed by atoms with van der Waals surface area (Å²) in [6.45, 7) is 4.22. The maximum absolute atomic E-state index is 12.0. The van der Waals surface area contributed by atoms with Gasteiger partial charge in [-0.2, -0.15) is 5.26 Å². The molecule has 4 heteroatoms. The number of nitrogens with one attached hydrogen (secondary N) is 1. The number of hydrogen-bond donors (Lipinski definition) is 1. The molecule has 1 saturated carbocycles. The SMILES string of the molecule is CCCCOCCCNC(=O)C1(C#N)CCCC1. The number of unbranched alkanes of at least 4 members (excludes halogenated alkanes) is 1. The van der Waals surface area contributed by atoms with Gasteiger partial charge in [0.1, 0.15) is 5.41 Å². The Morgan fingerprint density at radius 1 is 1.33 bits per heavy atom. The Morgan fingerprint density at radius 2 is 2.00 bits per heavy atom. The van der Waals surface area contributed by atoms with Crippen LogP contribution >= 0.6 is 0 Å². The fourth-order valence-electron chi connectivity index (χ4n) is 2.26. The summed E-state index contributed by atoms with van der Waals surface area (Å²) in [7, 11) is 0. The van der Waals surface area contributed by atoms with Gasteiger partial charge < -0.3 is 10.1 Å². The number of carbonyl (C=O) groups is 1. The van der Waals surface area contributed by atoms with E-state index in [1.807, 2.05) is 0 Å². The van der Waals surface area contributed by atoms with Crippen molar-refractivity contribution >= 4 is 5.91 Å². The fraction of sp³-hybridized carbons (Fsp3) is 0.857. The molecule has 1 fully saturated rings. The van der Waals surface area contributed by atoms with Crippen molar-refractivity contribution in [3.05, 3.63) is 0 Å². The molecule has 0 spiro atoms. The molecule has 1 rings (SSSR count). The first-order valence-corrected chi connectivity index (χ1v) is 7.02. The van der Waals surface area contributed by atoms with Crippen LogP contribution in [0.5, 0.6) is 0 Å². The van der Waals surface area contributed by atoms with Crippen LogP contribution in [0.15, 0.2) is 0 Å². The molecule has 102 valence electrons. The van der Waals surface area contributed by atoms with E-state index in [9.17, 15) is 4.79 Å². The zero-order chi connectivity index (χ0) is 13.3. The Hall–Kier alpha value is -1.08. The molecule has 0 aromatic rings. The second-order valence-corrected chi connectivity index (χ2v) is 4.98. The van der Waals surface area contributed by atoms with E-state index in [2.05, 4.69) is 18.3 Å². The predicted molar refractivity (Wildman–Crippen MR) is 69.9 cm³/mol. The van der Waals surface area contributed by atoms with Crippen LogP contribution in [0.25, 0.3) is 0 Å². The zero-order valence-electron chi connectivity index (χ0n) is 11.3. The monoisotopic (exact) mass is 252 g/mol. The minimum atomic E-state index is -0.747. The summed E-state index contributed by atoms with van der Waals surface area (Å²) in [5.74, 6) is -0.0870. The Morgan fingerprint density at radius 3 is 2.61 bits per heavy atom. The number of rotatable bonds is 8. The maximum atomic E-state index is 12.0. The molecular weight excluding hydrogens is 228 g/mol. The van der Waals surface area contributed by atoms with Gasteiger partial charge in [-0.15, -0.1) is 0 Å². The van der Waals surface area contributed by atoms with Crippen molar-refractivity contribution in [1.82, 2.24) is 5.32 Å². The second-order valence-electron chi connectivity index (χ2n) is 4.98. The van der Waals surface area contributed by atoms with Crippen molar-refractivity contribution in [2.24, 2.45) is 5.41 Å². The van der Waals surface area contributed by atoms with E-state index in [0.29, 0.717) is 26.0 Å². The molecule has 0 saturated heterocycles. The van der Waals surface area contributed by atoms with Gasteiger partial charge in [0.25, 0.3) is 0 Å². The quantitative estimate of drug-likeness (QED) is 0.675. The highest BCUT2D eigenvalue weighted by molar-refractivity contribution is 5.85. The highest BCUT2D eigenvalue weighted by Crippen LogP contribution is 2.37. The lowest BCUT2D eigenvalue weighted by molar-refractivity contribution is -0.127. The molecule has 0 radical (unpaired) electrons. The fourth-order valence-corrected chi connectivity index (χ4v) is 2.26.